The van der Waals surface area contributed by atoms with Crippen molar-refractivity contribution >= 4 is 46.7 Å². The highest BCUT2D eigenvalue weighted by atomic mass is 35.5. The van der Waals surface area contributed by atoms with Gasteiger partial charge in [0.1, 0.15) is 35.6 Å². The molecule has 0 fully saturated rings. The van der Waals surface area contributed by atoms with Crippen LogP contribution in [0.25, 0.3) is 11.1 Å². The number of rotatable bonds is 13. The van der Waals surface area contributed by atoms with Crippen LogP contribution in [0.1, 0.15) is 83.5 Å². The number of methoxy groups -OCH3 is 1. The van der Waals surface area contributed by atoms with E-state index >= 15 is 0 Å². The van der Waals surface area contributed by atoms with Gasteiger partial charge in [0.05, 0.1) is 28.9 Å². The Labute approximate surface area is 401 Å². The predicted molar refractivity (Wildman–Crippen MR) is 259 cm³/mol. The van der Waals surface area contributed by atoms with E-state index < -0.39 is 18.1 Å². The third kappa shape index (κ3) is 10.8. The number of amides is 2. The molecule has 2 aliphatic heterocycles. The number of anilines is 1. The van der Waals surface area contributed by atoms with Crippen LogP contribution >= 0.6 is 23.2 Å². The fourth-order valence-electron chi connectivity index (χ4n) is 9.04. The van der Waals surface area contributed by atoms with Gasteiger partial charge in [0.15, 0.2) is 0 Å². The van der Waals surface area contributed by atoms with Crippen LogP contribution in [0, 0.1) is 19.7 Å². The number of benzene rings is 5. The van der Waals surface area contributed by atoms with E-state index in [1.165, 1.54) is 26.2 Å². The zero-order valence-corrected chi connectivity index (χ0v) is 39.7. The summed E-state index contributed by atoms with van der Waals surface area (Å²) in [6, 6.07) is 31.7. The number of aryl methyl sites for hydroxylation is 1. The summed E-state index contributed by atoms with van der Waals surface area (Å²) in [7, 11) is 1.30. The second kappa shape index (κ2) is 20.7. The lowest BCUT2D eigenvalue weighted by Crippen LogP contribution is -2.54. The van der Waals surface area contributed by atoms with E-state index in [-0.39, 0.29) is 49.2 Å². The first kappa shape index (κ1) is 47.2. The van der Waals surface area contributed by atoms with Gasteiger partial charge < -0.3 is 24.4 Å². The summed E-state index contributed by atoms with van der Waals surface area (Å²) < 4.78 is 32.9. The topological polar surface area (TPSA) is 110 Å². The Bertz CT molecular complexity index is 2790. The van der Waals surface area contributed by atoms with Gasteiger partial charge in [-0.15, -0.1) is 0 Å². The Kier molecular flexibility index (Phi) is 14.6. The zero-order chi connectivity index (χ0) is 47.4. The number of fused-ring (bicyclic) bond motifs is 2. The lowest BCUT2D eigenvalue weighted by Gasteiger charge is -2.37. The van der Waals surface area contributed by atoms with E-state index in [0.29, 0.717) is 52.3 Å². The lowest BCUT2D eigenvalue weighted by molar-refractivity contribution is -0.146. The van der Waals surface area contributed by atoms with Crippen molar-refractivity contribution in [3.8, 4) is 22.6 Å². The van der Waals surface area contributed by atoms with Crippen molar-refractivity contribution in [2.45, 2.75) is 90.8 Å². The second-order valence-corrected chi connectivity index (χ2v) is 18.0. The molecule has 5 aromatic carbocycles. The van der Waals surface area contributed by atoms with Gasteiger partial charge in [0.2, 0.25) is 11.8 Å². The maximum Gasteiger partial charge on any atom is 0.328 e. The van der Waals surface area contributed by atoms with E-state index in [9.17, 15) is 18.8 Å². The SMILES string of the molecule is CC[C@@H](Oc1ccc(C2CCN(C(C)=O)c3cc4c(cc3O2)CN(Cc2cccc(F)c2)[C@H](C(=O)N[C@@H](Cc2ccc(-c3ccnc(C)c3C)cc2)C(=O)OC)C4)cc1)c1ccc(Cl)c(Cl)c1. The number of hydrogen-bond acceptors (Lipinski definition) is 8. The zero-order valence-electron chi connectivity index (χ0n) is 38.2. The van der Waals surface area contributed by atoms with E-state index in [1.54, 1.807) is 23.2 Å². The number of nitrogens with zero attached hydrogens (tertiary/aromatic N) is 3. The highest BCUT2D eigenvalue weighted by Crippen LogP contribution is 2.42. The molecule has 4 atom stereocenters. The van der Waals surface area contributed by atoms with Crippen LogP contribution in [-0.2, 0) is 45.1 Å². The van der Waals surface area contributed by atoms with E-state index in [1.807, 2.05) is 111 Å². The number of carbonyl (C=O) groups excluding carboxylic acids is 3. The van der Waals surface area contributed by atoms with Gasteiger partial charge in [-0.3, -0.25) is 19.5 Å². The molecule has 1 N–H and O–H groups in total. The second-order valence-electron chi connectivity index (χ2n) is 17.2. The molecule has 1 aromatic heterocycles. The average molecular weight is 944 g/mol. The molecule has 0 bridgehead atoms. The largest absolute Gasteiger partial charge is 0.486 e. The third-order valence-corrected chi connectivity index (χ3v) is 13.6. The molecule has 6 aromatic rings. The number of pyridine rings is 1. The smallest absolute Gasteiger partial charge is 0.328 e. The Balaban J connectivity index is 1.04. The van der Waals surface area contributed by atoms with Crippen molar-refractivity contribution in [3.05, 3.63) is 176 Å². The number of nitrogens with one attached hydrogen (secondary N) is 1. The maximum absolute atomic E-state index is 14.6. The van der Waals surface area contributed by atoms with Crippen molar-refractivity contribution in [1.82, 2.24) is 15.2 Å². The fourth-order valence-corrected chi connectivity index (χ4v) is 9.34. The first-order chi connectivity index (χ1) is 32.3. The van der Waals surface area contributed by atoms with Gasteiger partial charge in [0.25, 0.3) is 0 Å². The minimum Gasteiger partial charge on any atom is -0.486 e. The molecule has 0 saturated heterocycles. The summed E-state index contributed by atoms with van der Waals surface area (Å²) >= 11 is 12.5. The minimum absolute atomic E-state index is 0.139. The van der Waals surface area contributed by atoms with Gasteiger partial charge in [-0.2, -0.15) is 0 Å². The molecule has 0 spiro atoms. The number of aromatic nitrogens is 1. The summed E-state index contributed by atoms with van der Waals surface area (Å²) in [6.07, 6.45) is 2.88. The summed E-state index contributed by atoms with van der Waals surface area (Å²) in [5, 5.41) is 3.97. The number of esters is 1. The van der Waals surface area contributed by atoms with Crippen molar-refractivity contribution in [3.63, 3.8) is 0 Å². The number of ether oxygens (including phenoxy) is 3. The molecule has 10 nitrogen and oxygen atoms in total. The van der Waals surface area contributed by atoms with Gasteiger partial charge in [0, 0.05) is 51.3 Å². The normalized spacial score (nSPS) is 16.7. The first-order valence-electron chi connectivity index (χ1n) is 22.5. The quantitative estimate of drug-likeness (QED) is 0.114. The fraction of sp³-hybridized carbons (Fsp3) is 0.296. The highest BCUT2D eigenvalue weighted by molar-refractivity contribution is 6.42. The number of hydrogen-bond donors (Lipinski definition) is 1. The molecule has 67 heavy (non-hydrogen) atoms. The maximum atomic E-state index is 14.6. The molecule has 0 saturated carbocycles. The first-order valence-corrected chi connectivity index (χ1v) is 23.2. The Morgan fingerprint density at radius 1 is 0.910 bits per heavy atom. The Morgan fingerprint density at radius 3 is 2.39 bits per heavy atom. The lowest BCUT2D eigenvalue weighted by atomic mass is 9.91. The van der Waals surface area contributed by atoms with Crippen LogP contribution < -0.4 is 19.7 Å². The molecule has 3 heterocycles. The van der Waals surface area contributed by atoms with Crippen LogP contribution in [0.2, 0.25) is 10.0 Å². The van der Waals surface area contributed by atoms with Gasteiger partial charge in [-0.05, 0) is 131 Å². The molecular formula is C54H53Cl2FN4O6. The van der Waals surface area contributed by atoms with Gasteiger partial charge in [-0.1, -0.05) is 84.7 Å². The van der Waals surface area contributed by atoms with Crippen molar-refractivity contribution in [2.75, 3.05) is 18.6 Å². The number of carbonyl (C=O) groups is 3. The molecule has 1 unspecified atom stereocenters. The standard InChI is InChI=1S/C54H53Cl2FN4O6/c1-6-50(39-16-19-45(55)46(56)26-39)66-43-17-14-38(15-18-43)51-21-23-61(34(4)62)48-27-40-28-49(60(31-41(40)29-52(48)67-51)30-36-8-7-9-42(57)24-36)53(63)59-47(54(64)65-5)25-35-10-12-37(13-11-35)44-20-22-58-33(3)32(44)2/h7-20,22,24,26-27,29,47,49-51H,6,21,23,25,28,30-31H2,1-5H3,(H,59,63)/t47-,49-,50+,51?/m0/s1. The monoisotopic (exact) mass is 942 g/mol. The highest BCUT2D eigenvalue weighted by Gasteiger charge is 2.36. The molecule has 8 rings (SSSR count). The minimum atomic E-state index is -0.979. The van der Waals surface area contributed by atoms with Crippen LogP contribution in [0.3, 0.4) is 0 Å². The molecule has 2 amide bonds. The van der Waals surface area contributed by atoms with Crippen LogP contribution in [0.5, 0.6) is 11.5 Å². The Morgan fingerprint density at radius 2 is 1.69 bits per heavy atom. The summed E-state index contributed by atoms with van der Waals surface area (Å²) in [4.78, 5) is 49.3. The van der Waals surface area contributed by atoms with Crippen molar-refractivity contribution in [1.29, 1.82) is 0 Å². The molecule has 13 heteroatoms. The van der Waals surface area contributed by atoms with Crippen LogP contribution in [0.4, 0.5) is 10.1 Å². The van der Waals surface area contributed by atoms with Crippen LogP contribution in [0.15, 0.2) is 115 Å². The molecule has 0 aliphatic carbocycles. The molecule has 0 radical (unpaired) electrons. The van der Waals surface area contributed by atoms with Gasteiger partial charge in [-0.25, -0.2) is 9.18 Å². The van der Waals surface area contributed by atoms with Crippen molar-refractivity contribution in [2.24, 2.45) is 0 Å². The van der Waals surface area contributed by atoms with E-state index in [2.05, 4.69) is 10.3 Å². The van der Waals surface area contributed by atoms with E-state index in [4.69, 9.17) is 37.4 Å². The van der Waals surface area contributed by atoms with E-state index in [0.717, 1.165) is 56.6 Å². The summed E-state index contributed by atoms with van der Waals surface area (Å²) in [5.41, 5.74) is 9.89. The molecule has 346 valence electrons. The van der Waals surface area contributed by atoms with Crippen molar-refractivity contribution < 1.29 is 33.0 Å². The van der Waals surface area contributed by atoms with Crippen LogP contribution in [-0.4, -0.2) is 53.4 Å². The summed E-state index contributed by atoms with van der Waals surface area (Å²) in [5.74, 6) is -0.239. The van der Waals surface area contributed by atoms with Gasteiger partial charge >= 0.3 is 5.97 Å². The average Bonchev–Trinajstić information content (AvgIpc) is 3.51. The molecule has 2 aliphatic rings. The number of halogens is 3. The predicted octanol–water partition coefficient (Wildman–Crippen LogP) is 11.0. The molecular weight excluding hydrogens is 891 g/mol. The third-order valence-electron chi connectivity index (χ3n) is 12.8. The summed E-state index contributed by atoms with van der Waals surface area (Å²) in [6.45, 7) is 8.56. The Hall–Kier alpha value is -6.27.